The molecule has 1 amide bonds. The number of aromatic nitrogens is 4. The van der Waals surface area contributed by atoms with Gasteiger partial charge in [0.05, 0.1) is 11.3 Å². The zero-order valence-corrected chi connectivity index (χ0v) is 16.6. The topological polar surface area (TPSA) is 87.1 Å². The number of carbonyl (C=O) groups is 1. The lowest BCUT2D eigenvalue weighted by Crippen LogP contribution is -2.36. The quantitative estimate of drug-likeness (QED) is 0.734. The van der Waals surface area contributed by atoms with Crippen LogP contribution in [0.5, 0.6) is 0 Å². The van der Waals surface area contributed by atoms with E-state index in [-0.39, 0.29) is 17.5 Å². The SMILES string of the molecule is CN(C)C(=O)c1ccc(N2CCC[C@@H](c3n[nH]c(=O)n3-c3ccccc3)C2)nc1. The van der Waals surface area contributed by atoms with E-state index in [1.54, 1.807) is 24.9 Å². The van der Waals surface area contributed by atoms with Crippen LogP contribution >= 0.6 is 0 Å². The summed E-state index contributed by atoms with van der Waals surface area (Å²) >= 11 is 0. The Balaban J connectivity index is 1.57. The first-order valence-corrected chi connectivity index (χ1v) is 9.70. The minimum absolute atomic E-state index is 0.0658. The van der Waals surface area contributed by atoms with E-state index in [2.05, 4.69) is 20.1 Å². The molecule has 1 atom stereocenters. The van der Waals surface area contributed by atoms with Gasteiger partial charge in [0.25, 0.3) is 5.91 Å². The lowest BCUT2D eigenvalue weighted by molar-refractivity contribution is 0.0827. The second kappa shape index (κ2) is 7.90. The Labute approximate surface area is 168 Å². The average Bonchev–Trinajstić information content (AvgIpc) is 3.15. The molecule has 1 aliphatic rings. The minimum atomic E-state index is -0.229. The monoisotopic (exact) mass is 392 g/mol. The van der Waals surface area contributed by atoms with Gasteiger partial charge in [-0.2, -0.15) is 5.10 Å². The molecule has 0 saturated carbocycles. The number of carbonyl (C=O) groups excluding carboxylic acids is 1. The molecule has 4 rings (SSSR count). The van der Waals surface area contributed by atoms with Crippen molar-refractivity contribution < 1.29 is 4.79 Å². The third kappa shape index (κ3) is 3.78. The number of hydrogen-bond acceptors (Lipinski definition) is 5. The highest BCUT2D eigenvalue weighted by atomic mass is 16.2. The first-order chi connectivity index (χ1) is 14.0. The van der Waals surface area contributed by atoms with Crippen molar-refractivity contribution in [1.82, 2.24) is 24.6 Å². The van der Waals surface area contributed by atoms with Crippen molar-refractivity contribution in [3.05, 3.63) is 70.5 Å². The van der Waals surface area contributed by atoms with E-state index in [0.717, 1.165) is 36.7 Å². The highest BCUT2D eigenvalue weighted by Gasteiger charge is 2.27. The molecule has 0 aliphatic carbocycles. The number of anilines is 1. The standard InChI is InChI=1S/C21H24N6O2/c1-25(2)20(28)15-10-11-18(22-13-15)26-12-6-7-16(14-26)19-23-24-21(29)27(19)17-8-4-3-5-9-17/h3-5,8-11,13,16H,6-7,12,14H2,1-2H3,(H,24,29)/t16-/m1/s1. The Kier molecular flexibility index (Phi) is 5.16. The Bertz CT molecular complexity index is 1040. The highest BCUT2D eigenvalue weighted by molar-refractivity contribution is 5.93. The Hall–Kier alpha value is -3.42. The summed E-state index contributed by atoms with van der Waals surface area (Å²) in [7, 11) is 3.45. The third-order valence-electron chi connectivity index (χ3n) is 5.22. The molecule has 8 nitrogen and oxygen atoms in total. The molecule has 0 radical (unpaired) electrons. The predicted molar refractivity (Wildman–Crippen MR) is 111 cm³/mol. The van der Waals surface area contributed by atoms with Gasteiger partial charge in [-0.3, -0.25) is 4.79 Å². The van der Waals surface area contributed by atoms with Crippen molar-refractivity contribution in [1.29, 1.82) is 0 Å². The largest absolute Gasteiger partial charge is 0.356 e. The van der Waals surface area contributed by atoms with E-state index < -0.39 is 0 Å². The van der Waals surface area contributed by atoms with E-state index in [9.17, 15) is 9.59 Å². The third-order valence-corrected chi connectivity index (χ3v) is 5.22. The second-order valence-electron chi connectivity index (χ2n) is 7.45. The molecule has 29 heavy (non-hydrogen) atoms. The molecular formula is C21H24N6O2. The summed E-state index contributed by atoms with van der Waals surface area (Å²) in [6, 6.07) is 13.2. The minimum Gasteiger partial charge on any atom is -0.356 e. The summed E-state index contributed by atoms with van der Waals surface area (Å²) in [5.74, 6) is 1.61. The van der Waals surface area contributed by atoms with Gasteiger partial charge in [-0.25, -0.2) is 19.4 Å². The van der Waals surface area contributed by atoms with Crippen molar-refractivity contribution in [2.75, 3.05) is 32.1 Å². The van der Waals surface area contributed by atoms with Crippen LogP contribution in [0.25, 0.3) is 5.69 Å². The molecule has 1 N–H and O–H groups in total. The number of nitrogens with zero attached hydrogens (tertiary/aromatic N) is 5. The predicted octanol–water partition coefficient (Wildman–Crippen LogP) is 2.04. The van der Waals surface area contributed by atoms with Crippen molar-refractivity contribution in [2.45, 2.75) is 18.8 Å². The second-order valence-corrected chi connectivity index (χ2v) is 7.45. The smallest absolute Gasteiger partial charge is 0.347 e. The Morgan fingerprint density at radius 2 is 1.97 bits per heavy atom. The fraction of sp³-hybridized carbons (Fsp3) is 0.333. The number of amides is 1. The summed E-state index contributed by atoms with van der Waals surface area (Å²) in [4.78, 5) is 32.7. The molecular weight excluding hydrogens is 368 g/mol. The number of pyridine rings is 1. The lowest BCUT2D eigenvalue weighted by Gasteiger charge is -2.33. The van der Waals surface area contributed by atoms with Gasteiger partial charge >= 0.3 is 5.69 Å². The number of rotatable bonds is 4. The number of para-hydroxylation sites is 1. The van der Waals surface area contributed by atoms with Crippen molar-refractivity contribution in [2.24, 2.45) is 0 Å². The van der Waals surface area contributed by atoms with Gasteiger partial charge in [0, 0.05) is 39.3 Å². The molecule has 0 bridgehead atoms. The maximum atomic E-state index is 12.4. The van der Waals surface area contributed by atoms with Crippen LogP contribution < -0.4 is 10.6 Å². The molecule has 150 valence electrons. The number of aromatic amines is 1. The number of benzene rings is 1. The van der Waals surface area contributed by atoms with Crippen LogP contribution in [-0.2, 0) is 0 Å². The summed E-state index contributed by atoms with van der Waals surface area (Å²) in [5.41, 5.74) is 1.15. The van der Waals surface area contributed by atoms with Gasteiger partial charge in [0.1, 0.15) is 11.6 Å². The van der Waals surface area contributed by atoms with Crippen LogP contribution in [0.3, 0.4) is 0 Å². The first-order valence-electron chi connectivity index (χ1n) is 9.70. The van der Waals surface area contributed by atoms with Crippen LogP contribution in [0, 0.1) is 0 Å². The molecule has 1 fully saturated rings. The van der Waals surface area contributed by atoms with E-state index in [1.807, 2.05) is 42.5 Å². The molecule has 1 aliphatic heterocycles. The molecule has 0 unspecified atom stereocenters. The van der Waals surface area contributed by atoms with Crippen LogP contribution in [0.4, 0.5) is 5.82 Å². The van der Waals surface area contributed by atoms with Gasteiger partial charge in [-0.15, -0.1) is 0 Å². The normalized spacial score (nSPS) is 16.6. The van der Waals surface area contributed by atoms with Gasteiger partial charge in [-0.05, 0) is 37.1 Å². The van der Waals surface area contributed by atoms with Crippen LogP contribution in [0.1, 0.15) is 34.9 Å². The van der Waals surface area contributed by atoms with Crippen LogP contribution in [0.2, 0.25) is 0 Å². The van der Waals surface area contributed by atoms with Crippen molar-refractivity contribution >= 4 is 11.7 Å². The van der Waals surface area contributed by atoms with Crippen molar-refractivity contribution in [3.63, 3.8) is 0 Å². The summed E-state index contributed by atoms with van der Waals surface area (Å²) in [6.45, 7) is 1.59. The molecule has 8 heteroatoms. The lowest BCUT2D eigenvalue weighted by atomic mass is 9.97. The van der Waals surface area contributed by atoms with Gasteiger partial charge in [0.2, 0.25) is 0 Å². The first kappa shape index (κ1) is 18.9. The zero-order valence-electron chi connectivity index (χ0n) is 16.6. The molecule has 1 saturated heterocycles. The fourth-order valence-electron chi connectivity index (χ4n) is 3.76. The maximum Gasteiger partial charge on any atom is 0.347 e. The van der Waals surface area contributed by atoms with Gasteiger partial charge in [0.15, 0.2) is 0 Å². The molecule has 1 aromatic carbocycles. The highest BCUT2D eigenvalue weighted by Crippen LogP contribution is 2.28. The molecule has 3 aromatic rings. The summed E-state index contributed by atoms with van der Waals surface area (Å²) in [5, 5.41) is 6.93. The average molecular weight is 392 g/mol. The van der Waals surface area contributed by atoms with E-state index >= 15 is 0 Å². The van der Waals surface area contributed by atoms with Gasteiger partial charge < -0.3 is 9.80 Å². The van der Waals surface area contributed by atoms with Crippen molar-refractivity contribution in [3.8, 4) is 5.69 Å². The molecule has 2 aromatic heterocycles. The maximum absolute atomic E-state index is 12.4. The van der Waals surface area contributed by atoms with Crippen LogP contribution in [0.15, 0.2) is 53.5 Å². The zero-order chi connectivity index (χ0) is 20.4. The number of H-pyrrole nitrogens is 1. The van der Waals surface area contributed by atoms with Gasteiger partial charge in [-0.1, -0.05) is 18.2 Å². The Morgan fingerprint density at radius 1 is 1.17 bits per heavy atom. The van der Waals surface area contributed by atoms with E-state index in [4.69, 9.17) is 0 Å². The number of piperidine rings is 1. The fourth-order valence-corrected chi connectivity index (χ4v) is 3.76. The summed E-state index contributed by atoms with van der Waals surface area (Å²) in [6.07, 6.45) is 3.54. The number of hydrogen-bond donors (Lipinski definition) is 1. The van der Waals surface area contributed by atoms with E-state index in [1.165, 1.54) is 4.90 Å². The summed E-state index contributed by atoms with van der Waals surface area (Å²) < 4.78 is 1.65. The molecule has 3 heterocycles. The number of nitrogens with one attached hydrogen (secondary N) is 1. The molecule has 0 spiro atoms. The Morgan fingerprint density at radius 3 is 2.66 bits per heavy atom. The van der Waals surface area contributed by atoms with E-state index in [0.29, 0.717) is 12.1 Å². The van der Waals surface area contributed by atoms with Crippen LogP contribution in [-0.4, -0.2) is 57.7 Å².